The van der Waals surface area contributed by atoms with Gasteiger partial charge in [0.15, 0.2) is 0 Å². The molecule has 1 atom stereocenters. The minimum atomic E-state index is -0.303. The number of rotatable bonds is 2. The second-order valence-corrected chi connectivity index (χ2v) is 5.15. The number of hydrogen-bond donors (Lipinski definition) is 1. The molecule has 1 aromatic heterocycles. The van der Waals surface area contributed by atoms with Gasteiger partial charge in [0.25, 0.3) is 5.52 Å². The van der Waals surface area contributed by atoms with Crippen molar-refractivity contribution in [2.75, 3.05) is 0 Å². The second-order valence-electron chi connectivity index (χ2n) is 5.15. The fourth-order valence-corrected chi connectivity index (χ4v) is 2.61. The molecule has 0 aliphatic rings. The van der Waals surface area contributed by atoms with Gasteiger partial charge in [0.1, 0.15) is 0 Å². The van der Waals surface area contributed by atoms with Gasteiger partial charge in [-0.05, 0) is 30.2 Å². The van der Waals surface area contributed by atoms with E-state index in [1.54, 1.807) is 6.20 Å². The van der Waals surface area contributed by atoms with Crippen molar-refractivity contribution >= 4 is 10.9 Å². The van der Waals surface area contributed by atoms with Gasteiger partial charge in [-0.2, -0.15) is 5.26 Å². The number of aromatic nitrogens is 1. The lowest BCUT2D eigenvalue weighted by atomic mass is 9.91. The number of nitriles is 1. The lowest BCUT2D eigenvalue weighted by Gasteiger charge is -2.10. The fourth-order valence-electron chi connectivity index (χ4n) is 2.61. The Labute approximate surface area is 123 Å². The normalized spacial score (nSPS) is 12.0. The van der Waals surface area contributed by atoms with E-state index >= 15 is 0 Å². The highest BCUT2D eigenvalue weighted by atomic mass is 16.5. The Morgan fingerprint density at radius 2 is 1.81 bits per heavy atom. The molecule has 0 aliphatic heterocycles. The smallest absolute Gasteiger partial charge is 0.264 e. The van der Waals surface area contributed by atoms with Crippen molar-refractivity contribution in [3.63, 3.8) is 0 Å². The van der Waals surface area contributed by atoms with Crippen LogP contribution in [0.4, 0.5) is 0 Å². The van der Waals surface area contributed by atoms with Crippen LogP contribution in [0.2, 0.25) is 0 Å². The molecule has 3 heteroatoms. The number of benzene rings is 2. The van der Waals surface area contributed by atoms with E-state index in [2.05, 4.69) is 6.07 Å². The highest BCUT2D eigenvalue weighted by Crippen LogP contribution is 2.26. The van der Waals surface area contributed by atoms with Crippen molar-refractivity contribution in [2.24, 2.45) is 0 Å². The number of nitrogens with zero attached hydrogens (tertiary/aromatic N) is 2. The number of fused-ring (bicyclic) bond motifs is 1. The molecule has 0 saturated carbocycles. The van der Waals surface area contributed by atoms with Gasteiger partial charge in [-0.1, -0.05) is 36.4 Å². The van der Waals surface area contributed by atoms with Crippen LogP contribution in [0, 0.1) is 18.3 Å². The summed E-state index contributed by atoms with van der Waals surface area (Å²) in [5, 5.41) is 20.3. The van der Waals surface area contributed by atoms with Crippen molar-refractivity contribution in [1.82, 2.24) is 0 Å². The number of pyridine rings is 1. The summed E-state index contributed by atoms with van der Waals surface area (Å²) >= 11 is 0. The quantitative estimate of drug-likeness (QED) is 0.576. The highest BCUT2D eigenvalue weighted by molar-refractivity contribution is 5.77. The zero-order chi connectivity index (χ0) is 14.8. The first-order valence-electron chi connectivity index (χ1n) is 6.79. The van der Waals surface area contributed by atoms with Crippen LogP contribution >= 0.6 is 0 Å². The lowest BCUT2D eigenvalue weighted by molar-refractivity contribution is -0.884. The SMILES string of the molecule is Cc1cc2cc(C(C#N)c3ccccc3)ccc2[n+](O)c1. The Morgan fingerprint density at radius 1 is 1.05 bits per heavy atom. The fraction of sp³-hybridized carbons (Fsp3) is 0.111. The predicted octanol–water partition coefficient (Wildman–Crippen LogP) is 3.33. The third-order valence-corrected chi connectivity index (χ3v) is 3.60. The number of aryl methyl sites for hydroxylation is 1. The van der Waals surface area contributed by atoms with E-state index in [0.29, 0.717) is 0 Å². The van der Waals surface area contributed by atoms with Crippen molar-refractivity contribution < 1.29 is 9.94 Å². The van der Waals surface area contributed by atoms with E-state index in [1.807, 2.05) is 61.5 Å². The maximum absolute atomic E-state index is 9.91. The van der Waals surface area contributed by atoms with Gasteiger partial charge in [-0.15, -0.1) is 0 Å². The van der Waals surface area contributed by atoms with E-state index in [4.69, 9.17) is 0 Å². The summed E-state index contributed by atoms with van der Waals surface area (Å²) in [7, 11) is 0. The summed E-state index contributed by atoms with van der Waals surface area (Å²) < 4.78 is 1.12. The molecule has 1 N–H and O–H groups in total. The molecular formula is C18H15N2O+. The Kier molecular flexibility index (Phi) is 3.29. The highest BCUT2D eigenvalue weighted by Gasteiger charge is 2.16. The van der Waals surface area contributed by atoms with Crippen LogP contribution < -0.4 is 4.73 Å². The molecule has 0 saturated heterocycles. The molecule has 1 heterocycles. The third-order valence-electron chi connectivity index (χ3n) is 3.60. The standard InChI is InChI=1S/C18H15N2O/c1-13-9-16-10-15(7-8-18(16)20(21)12-13)17(11-19)14-5-3-2-4-6-14/h2-10,12,17,21H,1H3/q+1. The summed E-state index contributed by atoms with van der Waals surface area (Å²) in [5.41, 5.74) is 3.61. The van der Waals surface area contributed by atoms with Crippen molar-refractivity contribution in [2.45, 2.75) is 12.8 Å². The van der Waals surface area contributed by atoms with Gasteiger partial charge >= 0.3 is 0 Å². The van der Waals surface area contributed by atoms with E-state index in [1.165, 1.54) is 0 Å². The molecule has 0 bridgehead atoms. The summed E-state index contributed by atoms with van der Waals surface area (Å²) in [4.78, 5) is 0. The Bertz CT molecular complexity index is 835. The molecule has 0 aliphatic carbocycles. The van der Waals surface area contributed by atoms with Crippen LogP contribution in [0.5, 0.6) is 0 Å². The first kappa shape index (κ1) is 13.1. The Balaban J connectivity index is 2.14. The van der Waals surface area contributed by atoms with Crippen molar-refractivity contribution in [3.8, 4) is 6.07 Å². The van der Waals surface area contributed by atoms with Crippen molar-refractivity contribution in [1.29, 1.82) is 5.26 Å². The summed E-state index contributed by atoms with van der Waals surface area (Å²) in [6.45, 7) is 1.93. The Morgan fingerprint density at radius 3 is 2.52 bits per heavy atom. The zero-order valence-corrected chi connectivity index (χ0v) is 11.7. The van der Waals surface area contributed by atoms with Gasteiger partial charge in [0.05, 0.1) is 17.4 Å². The average molecular weight is 275 g/mol. The van der Waals surface area contributed by atoms with E-state index in [9.17, 15) is 10.5 Å². The summed E-state index contributed by atoms with van der Waals surface area (Å²) in [5.74, 6) is -0.303. The van der Waals surface area contributed by atoms with E-state index in [-0.39, 0.29) is 5.92 Å². The van der Waals surface area contributed by atoms with Crippen LogP contribution in [-0.4, -0.2) is 5.21 Å². The second kappa shape index (κ2) is 5.26. The lowest BCUT2D eigenvalue weighted by Crippen LogP contribution is -2.30. The molecule has 2 aromatic carbocycles. The molecule has 0 radical (unpaired) electrons. The van der Waals surface area contributed by atoms with Gasteiger partial charge in [0.2, 0.25) is 6.20 Å². The van der Waals surface area contributed by atoms with Crippen LogP contribution in [0.3, 0.4) is 0 Å². The van der Waals surface area contributed by atoms with Gasteiger partial charge in [-0.25, -0.2) is 0 Å². The number of hydrogen-bond acceptors (Lipinski definition) is 2. The largest absolute Gasteiger partial charge is 0.285 e. The van der Waals surface area contributed by atoms with Crippen LogP contribution in [-0.2, 0) is 0 Å². The monoisotopic (exact) mass is 275 g/mol. The minimum Gasteiger partial charge on any atom is -0.285 e. The van der Waals surface area contributed by atoms with Crippen molar-refractivity contribution in [3.05, 3.63) is 77.5 Å². The summed E-state index contributed by atoms with van der Waals surface area (Å²) in [6.07, 6.45) is 1.67. The predicted molar refractivity (Wildman–Crippen MR) is 80.0 cm³/mol. The van der Waals surface area contributed by atoms with Gasteiger partial charge < -0.3 is 0 Å². The first-order valence-corrected chi connectivity index (χ1v) is 6.79. The van der Waals surface area contributed by atoms with Crippen LogP contribution in [0.15, 0.2) is 60.8 Å². The molecule has 3 aromatic rings. The molecule has 102 valence electrons. The molecule has 21 heavy (non-hydrogen) atoms. The third kappa shape index (κ3) is 2.44. The molecule has 3 rings (SSSR count). The minimum absolute atomic E-state index is 0.303. The zero-order valence-electron chi connectivity index (χ0n) is 11.7. The molecular weight excluding hydrogens is 260 g/mol. The van der Waals surface area contributed by atoms with Gasteiger partial charge in [0, 0.05) is 16.4 Å². The molecule has 3 nitrogen and oxygen atoms in total. The molecule has 1 unspecified atom stereocenters. The maximum Gasteiger partial charge on any atom is 0.264 e. The molecule has 0 fully saturated rings. The van der Waals surface area contributed by atoms with Gasteiger partial charge in [-0.3, -0.25) is 5.21 Å². The topological polar surface area (TPSA) is 47.9 Å². The van der Waals surface area contributed by atoms with E-state index in [0.717, 1.165) is 32.3 Å². The first-order chi connectivity index (χ1) is 10.2. The molecule has 0 spiro atoms. The van der Waals surface area contributed by atoms with Crippen LogP contribution in [0.25, 0.3) is 10.9 Å². The maximum atomic E-state index is 9.91. The Hall–Kier alpha value is -2.86. The van der Waals surface area contributed by atoms with E-state index < -0.39 is 0 Å². The van der Waals surface area contributed by atoms with Crippen LogP contribution in [0.1, 0.15) is 22.6 Å². The average Bonchev–Trinajstić information content (AvgIpc) is 2.48. The summed E-state index contributed by atoms with van der Waals surface area (Å²) in [6, 6.07) is 19.8. The molecule has 0 amide bonds.